The zero-order chi connectivity index (χ0) is 22.7. The molecule has 2 amide bonds. The first kappa shape index (κ1) is 21.7. The van der Waals surface area contributed by atoms with Crippen LogP contribution in [0.15, 0.2) is 78.5 Å². The molecule has 0 saturated carbocycles. The van der Waals surface area contributed by atoms with Crippen molar-refractivity contribution < 1.29 is 14.3 Å². The number of hydrogen-bond acceptors (Lipinski definition) is 4. The molecular formula is C26H23ClN2O3. The van der Waals surface area contributed by atoms with Crippen LogP contribution in [0.5, 0.6) is 5.75 Å². The minimum absolute atomic E-state index is 0.214. The first-order valence-electron chi connectivity index (χ1n) is 10.4. The number of halogens is 1. The van der Waals surface area contributed by atoms with Gasteiger partial charge in [-0.25, -0.2) is 4.90 Å². The van der Waals surface area contributed by atoms with E-state index in [0.29, 0.717) is 39.9 Å². The zero-order valence-corrected chi connectivity index (χ0v) is 18.6. The Morgan fingerprint density at radius 3 is 2.44 bits per heavy atom. The summed E-state index contributed by atoms with van der Waals surface area (Å²) in [5, 5.41) is 3.75. The lowest BCUT2D eigenvalue weighted by Crippen LogP contribution is -2.32. The molecule has 3 aromatic carbocycles. The molecule has 1 aliphatic heterocycles. The lowest BCUT2D eigenvalue weighted by Gasteiger charge is -2.17. The van der Waals surface area contributed by atoms with Crippen LogP contribution in [0.3, 0.4) is 0 Å². The maximum Gasteiger partial charge on any atom is 0.282 e. The zero-order valence-electron chi connectivity index (χ0n) is 17.9. The van der Waals surface area contributed by atoms with Crippen LogP contribution in [0, 0.1) is 6.92 Å². The van der Waals surface area contributed by atoms with Crippen molar-refractivity contribution in [2.45, 2.75) is 20.3 Å². The fourth-order valence-corrected chi connectivity index (χ4v) is 3.74. The van der Waals surface area contributed by atoms with E-state index < -0.39 is 11.8 Å². The number of carbonyl (C=O) groups excluding carboxylic acids is 2. The average molecular weight is 447 g/mol. The van der Waals surface area contributed by atoms with Crippen LogP contribution in [-0.2, 0) is 9.59 Å². The molecule has 1 N–H and O–H groups in total. The predicted molar refractivity (Wildman–Crippen MR) is 128 cm³/mol. The minimum Gasteiger partial charge on any atom is -0.494 e. The standard InChI is InChI=1S/C26H23ClN2O3/c1-3-15-32-20-12-7-11-19(16-20)29-25(30)23(18-9-5-4-6-10-18)24(26(29)31)28-22-14-8-13-21(27)17(22)2/h4-14,16,28H,3,15H2,1-2H3. The van der Waals surface area contributed by atoms with Crippen molar-refractivity contribution in [3.05, 3.63) is 94.6 Å². The number of ether oxygens (including phenoxy) is 1. The number of rotatable bonds is 7. The number of benzene rings is 3. The van der Waals surface area contributed by atoms with E-state index in [1.54, 1.807) is 30.3 Å². The molecule has 0 saturated heterocycles. The second-order valence-electron chi connectivity index (χ2n) is 7.44. The summed E-state index contributed by atoms with van der Waals surface area (Å²) >= 11 is 6.27. The van der Waals surface area contributed by atoms with Crippen molar-refractivity contribution in [2.75, 3.05) is 16.8 Å². The topological polar surface area (TPSA) is 58.6 Å². The van der Waals surface area contributed by atoms with E-state index in [0.717, 1.165) is 12.0 Å². The molecule has 5 nitrogen and oxygen atoms in total. The molecule has 1 aliphatic rings. The summed E-state index contributed by atoms with van der Waals surface area (Å²) in [6.45, 7) is 4.43. The number of anilines is 2. The Balaban J connectivity index is 1.78. The van der Waals surface area contributed by atoms with Gasteiger partial charge in [0.25, 0.3) is 11.8 Å². The van der Waals surface area contributed by atoms with Gasteiger partial charge in [0.2, 0.25) is 0 Å². The second kappa shape index (κ2) is 9.28. The van der Waals surface area contributed by atoms with E-state index >= 15 is 0 Å². The number of nitrogens with zero attached hydrogens (tertiary/aromatic N) is 1. The first-order valence-corrected chi connectivity index (χ1v) is 10.8. The van der Waals surface area contributed by atoms with E-state index in [4.69, 9.17) is 16.3 Å². The highest BCUT2D eigenvalue weighted by Crippen LogP contribution is 2.36. The summed E-state index contributed by atoms with van der Waals surface area (Å²) in [5.41, 5.74) is 3.11. The third kappa shape index (κ3) is 4.12. The summed E-state index contributed by atoms with van der Waals surface area (Å²) in [5.74, 6) is -0.213. The molecule has 1 heterocycles. The van der Waals surface area contributed by atoms with Gasteiger partial charge in [-0.1, -0.05) is 61.0 Å². The molecule has 0 radical (unpaired) electrons. The van der Waals surface area contributed by atoms with Crippen LogP contribution in [0.25, 0.3) is 5.57 Å². The normalized spacial score (nSPS) is 13.7. The number of imide groups is 1. The number of amides is 2. The lowest BCUT2D eigenvalue weighted by atomic mass is 10.0. The molecule has 0 unspecified atom stereocenters. The molecule has 0 aromatic heterocycles. The van der Waals surface area contributed by atoms with Gasteiger partial charge in [0, 0.05) is 16.8 Å². The highest BCUT2D eigenvalue weighted by atomic mass is 35.5. The van der Waals surface area contributed by atoms with Gasteiger partial charge in [0.1, 0.15) is 11.4 Å². The number of nitrogens with one attached hydrogen (secondary N) is 1. The maximum absolute atomic E-state index is 13.5. The van der Waals surface area contributed by atoms with Gasteiger partial charge >= 0.3 is 0 Å². The first-order chi connectivity index (χ1) is 15.5. The van der Waals surface area contributed by atoms with Crippen molar-refractivity contribution in [1.29, 1.82) is 0 Å². The van der Waals surface area contributed by atoms with E-state index in [-0.39, 0.29) is 5.70 Å². The summed E-state index contributed by atoms with van der Waals surface area (Å²) in [4.78, 5) is 28.3. The quantitative estimate of drug-likeness (QED) is 0.463. The molecule has 0 atom stereocenters. The monoisotopic (exact) mass is 446 g/mol. The van der Waals surface area contributed by atoms with Gasteiger partial charge in [-0.05, 0) is 48.7 Å². The summed E-state index contributed by atoms with van der Waals surface area (Å²) in [7, 11) is 0. The average Bonchev–Trinajstić information content (AvgIpc) is 3.05. The van der Waals surface area contributed by atoms with Crippen LogP contribution in [-0.4, -0.2) is 18.4 Å². The molecule has 0 bridgehead atoms. The Morgan fingerprint density at radius 1 is 0.938 bits per heavy atom. The maximum atomic E-state index is 13.5. The van der Waals surface area contributed by atoms with Crippen LogP contribution in [0.1, 0.15) is 24.5 Å². The van der Waals surface area contributed by atoms with Crippen molar-refractivity contribution in [1.82, 2.24) is 0 Å². The van der Waals surface area contributed by atoms with Crippen LogP contribution >= 0.6 is 11.6 Å². The minimum atomic E-state index is -0.430. The van der Waals surface area contributed by atoms with Gasteiger partial charge in [-0.2, -0.15) is 0 Å². The smallest absolute Gasteiger partial charge is 0.282 e. The van der Waals surface area contributed by atoms with Crippen molar-refractivity contribution >= 4 is 40.4 Å². The Labute approximate surface area is 192 Å². The predicted octanol–water partition coefficient (Wildman–Crippen LogP) is 5.83. The third-order valence-corrected chi connectivity index (χ3v) is 5.63. The molecule has 0 aliphatic carbocycles. The SMILES string of the molecule is CCCOc1cccc(N2C(=O)C(Nc3cccc(Cl)c3C)=C(c3ccccc3)C2=O)c1. The molecule has 0 fully saturated rings. The van der Waals surface area contributed by atoms with E-state index in [1.807, 2.05) is 56.3 Å². The van der Waals surface area contributed by atoms with E-state index in [2.05, 4.69) is 5.32 Å². The van der Waals surface area contributed by atoms with Gasteiger partial charge in [-0.3, -0.25) is 9.59 Å². The molecule has 162 valence electrons. The van der Waals surface area contributed by atoms with Gasteiger partial charge in [-0.15, -0.1) is 0 Å². The fourth-order valence-electron chi connectivity index (χ4n) is 3.56. The van der Waals surface area contributed by atoms with Crippen molar-refractivity contribution in [3.8, 4) is 5.75 Å². The van der Waals surface area contributed by atoms with Gasteiger partial charge in [0.05, 0.1) is 17.9 Å². The van der Waals surface area contributed by atoms with Crippen LogP contribution < -0.4 is 15.0 Å². The third-order valence-electron chi connectivity index (χ3n) is 5.22. The summed E-state index contributed by atoms with van der Waals surface area (Å²) in [6, 6.07) is 21.6. The van der Waals surface area contributed by atoms with E-state index in [9.17, 15) is 9.59 Å². The van der Waals surface area contributed by atoms with Crippen LogP contribution in [0.4, 0.5) is 11.4 Å². The number of carbonyl (C=O) groups is 2. The molecular weight excluding hydrogens is 424 g/mol. The van der Waals surface area contributed by atoms with Crippen LogP contribution in [0.2, 0.25) is 5.02 Å². The molecule has 4 rings (SSSR count). The van der Waals surface area contributed by atoms with Gasteiger partial charge in [0.15, 0.2) is 0 Å². The highest BCUT2D eigenvalue weighted by Gasteiger charge is 2.40. The summed E-state index contributed by atoms with van der Waals surface area (Å²) < 4.78 is 5.70. The largest absolute Gasteiger partial charge is 0.494 e. The van der Waals surface area contributed by atoms with E-state index in [1.165, 1.54) is 4.90 Å². The Morgan fingerprint density at radius 2 is 1.69 bits per heavy atom. The Hall–Kier alpha value is -3.57. The molecule has 3 aromatic rings. The molecule has 6 heteroatoms. The Kier molecular flexibility index (Phi) is 6.28. The van der Waals surface area contributed by atoms with Crippen molar-refractivity contribution in [2.24, 2.45) is 0 Å². The molecule has 32 heavy (non-hydrogen) atoms. The van der Waals surface area contributed by atoms with Crippen molar-refractivity contribution in [3.63, 3.8) is 0 Å². The highest BCUT2D eigenvalue weighted by molar-refractivity contribution is 6.46. The van der Waals surface area contributed by atoms with Gasteiger partial charge < -0.3 is 10.1 Å². The Bertz CT molecular complexity index is 1200. The fraction of sp³-hybridized carbons (Fsp3) is 0.154. The molecule has 0 spiro atoms. The second-order valence-corrected chi connectivity index (χ2v) is 7.85. The summed E-state index contributed by atoms with van der Waals surface area (Å²) in [6.07, 6.45) is 0.860. The lowest BCUT2D eigenvalue weighted by molar-refractivity contribution is -0.120. The number of hydrogen-bond donors (Lipinski definition) is 1.